The molecule has 0 radical (unpaired) electrons. The minimum absolute atomic E-state index is 0.0127. The number of aromatic nitrogens is 1. The van der Waals surface area contributed by atoms with Gasteiger partial charge in [0.2, 0.25) is 5.75 Å². The number of methoxy groups -OCH3 is 1. The average Bonchev–Trinajstić information content (AvgIpc) is 3.07. The van der Waals surface area contributed by atoms with E-state index in [1.165, 1.54) is 26.3 Å². The van der Waals surface area contributed by atoms with Crippen LogP contribution in [0.2, 0.25) is 0 Å². The smallest absolute Gasteiger partial charge is 0.493 e. The molecule has 1 N–H and O–H groups in total. The maximum atomic E-state index is 13.4. The van der Waals surface area contributed by atoms with E-state index in [2.05, 4.69) is 17.2 Å². The maximum Gasteiger partial charge on any atom is 0.514 e. The predicted octanol–water partition coefficient (Wildman–Crippen LogP) is 4.20. The number of cyclic esters (lactones) is 2. The van der Waals surface area contributed by atoms with Gasteiger partial charge in [0.1, 0.15) is 18.6 Å². The molecule has 2 heterocycles. The Labute approximate surface area is 268 Å². The summed E-state index contributed by atoms with van der Waals surface area (Å²) in [6.07, 6.45) is 1.60. The number of ether oxygens (including phenoxy) is 6. The minimum Gasteiger partial charge on any atom is -0.493 e. The Hall–Kier alpha value is -4.68. The van der Waals surface area contributed by atoms with Crippen molar-refractivity contribution in [2.75, 3.05) is 20.3 Å². The number of unbranched alkanes of at least 4 members (excludes halogenated alkanes) is 3. The lowest BCUT2D eigenvalue weighted by Gasteiger charge is -2.29. The summed E-state index contributed by atoms with van der Waals surface area (Å²) in [6.45, 7) is 6.37. The molecule has 46 heavy (non-hydrogen) atoms. The van der Waals surface area contributed by atoms with Gasteiger partial charge in [0, 0.05) is 12.3 Å². The van der Waals surface area contributed by atoms with Gasteiger partial charge in [-0.1, -0.05) is 70.4 Å². The third kappa shape index (κ3) is 10.2. The number of benzene rings is 1. The third-order valence-corrected chi connectivity index (χ3v) is 7.17. The number of pyridine rings is 1. The number of carbonyl (C=O) groups is 5. The highest BCUT2D eigenvalue weighted by Gasteiger charge is 2.42. The van der Waals surface area contributed by atoms with Crippen molar-refractivity contribution in [1.29, 1.82) is 0 Å². The summed E-state index contributed by atoms with van der Waals surface area (Å²) in [5.74, 6) is -5.07. The Morgan fingerprint density at radius 1 is 1.04 bits per heavy atom. The van der Waals surface area contributed by atoms with Gasteiger partial charge < -0.3 is 33.7 Å². The third-order valence-electron chi connectivity index (χ3n) is 7.17. The number of amides is 1. The molecule has 13 heteroatoms. The molecule has 1 aliphatic rings. The zero-order valence-corrected chi connectivity index (χ0v) is 26.8. The van der Waals surface area contributed by atoms with Gasteiger partial charge in [-0.3, -0.25) is 14.4 Å². The fourth-order valence-corrected chi connectivity index (χ4v) is 4.63. The fraction of sp³-hybridized carbons (Fsp3) is 0.515. The van der Waals surface area contributed by atoms with Gasteiger partial charge in [-0.05, 0) is 25.3 Å². The molecule has 1 saturated heterocycles. The summed E-state index contributed by atoms with van der Waals surface area (Å²) >= 11 is 0. The van der Waals surface area contributed by atoms with Crippen molar-refractivity contribution in [3.8, 4) is 11.5 Å². The standard InChI is InChI=1S/C33H42N2O11/c1-6-7-8-12-17-42-33(40)46-28-25(41-5)15-16-34-26(28)29(36)35-24-19-43-31(38)23(18-22-13-10-9-11-14-22)27(21(4)44-32(24)39)45-30(37)20(2)3/h9-11,13-16,20-21,23-24,27H,6-8,12,17-19H2,1-5H3,(H,35,36)/t21-,23+,24?,27?/m0/s1. The first-order valence-electron chi connectivity index (χ1n) is 15.4. The maximum absolute atomic E-state index is 13.4. The molecule has 1 fully saturated rings. The van der Waals surface area contributed by atoms with Crippen LogP contribution in [0.5, 0.6) is 11.5 Å². The van der Waals surface area contributed by atoms with Crippen molar-refractivity contribution in [1.82, 2.24) is 10.3 Å². The van der Waals surface area contributed by atoms with Crippen LogP contribution in [0, 0.1) is 11.8 Å². The normalized spacial score (nSPS) is 19.9. The summed E-state index contributed by atoms with van der Waals surface area (Å²) in [7, 11) is 1.31. The Bertz CT molecular complexity index is 1350. The molecule has 1 aromatic carbocycles. The zero-order valence-electron chi connectivity index (χ0n) is 26.8. The summed E-state index contributed by atoms with van der Waals surface area (Å²) < 4.78 is 32.5. The van der Waals surface area contributed by atoms with E-state index < -0.39 is 66.7 Å². The molecule has 13 nitrogen and oxygen atoms in total. The fourth-order valence-electron chi connectivity index (χ4n) is 4.63. The van der Waals surface area contributed by atoms with Gasteiger partial charge in [-0.25, -0.2) is 14.6 Å². The van der Waals surface area contributed by atoms with E-state index in [0.717, 1.165) is 24.8 Å². The van der Waals surface area contributed by atoms with Crippen LogP contribution < -0.4 is 14.8 Å². The van der Waals surface area contributed by atoms with Crippen molar-refractivity contribution < 1.29 is 52.4 Å². The van der Waals surface area contributed by atoms with Crippen molar-refractivity contribution in [2.45, 2.75) is 78.0 Å². The Balaban J connectivity index is 1.82. The number of nitrogens with zero attached hydrogens (tertiary/aromatic N) is 1. The monoisotopic (exact) mass is 642 g/mol. The molecule has 1 aliphatic heterocycles. The van der Waals surface area contributed by atoms with E-state index >= 15 is 0 Å². The summed E-state index contributed by atoms with van der Waals surface area (Å²) in [4.78, 5) is 69.2. The van der Waals surface area contributed by atoms with Crippen LogP contribution in [0.1, 0.15) is 69.4 Å². The lowest BCUT2D eigenvalue weighted by Crippen LogP contribution is -2.47. The highest BCUT2D eigenvalue weighted by molar-refractivity contribution is 5.98. The second kappa shape index (κ2) is 17.7. The summed E-state index contributed by atoms with van der Waals surface area (Å²) in [5, 5.41) is 2.44. The van der Waals surface area contributed by atoms with Crippen LogP contribution in [0.25, 0.3) is 0 Å². The van der Waals surface area contributed by atoms with Gasteiger partial charge in [-0.2, -0.15) is 0 Å². The first-order valence-corrected chi connectivity index (χ1v) is 15.4. The number of rotatable bonds is 13. The van der Waals surface area contributed by atoms with Crippen molar-refractivity contribution in [3.05, 3.63) is 53.9 Å². The quantitative estimate of drug-likeness (QED) is 0.188. The van der Waals surface area contributed by atoms with Gasteiger partial charge in [0.15, 0.2) is 23.6 Å². The number of nitrogens with one attached hydrogen (secondary N) is 1. The lowest BCUT2D eigenvalue weighted by atomic mass is 9.91. The average molecular weight is 643 g/mol. The zero-order chi connectivity index (χ0) is 33.6. The highest BCUT2D eigenvalue weighted by Crippen LogP contribution is 2.30. The lowest BCUT2D eigenvalue weighted by molar-refractivity contribution is -0.176. The SMILES string of the molecule is CCCCCCOC(=O)Oc1c(OC)ccnc1C(=O)NC1COC(=O)[C@H](Cc2ccccc2)C(OC(=O)C(C)C)[C@H](C)OC1=O. The minimum atomic E-state index is -1.48. The first-order chi connectivity index (χ1) is 22.0. The van der Waals surface area contributed by atoms with Crippen LogP contribution in [0.4, 0.5) is 4.79 Å². The molecule has 1 amide bonds. The molecule has 2 aromatic rings. The first kappa shape index (κ1) is 35.8. The van der Waals surface area contributed by atoms with Crippen molar-refractivity contribution in [3.63, 3.8) is 0 Å². The Morgan fingerprint density at radius 2 is 1.78 bits per heavy atom. The van der Waals surface area contributed by atoms with E-state index in [4.69, 9.17) is 28.4 Å². The second-order valence-electron chi connectivity index (χ2n) is 11.1. The van der Waals surface area contributed by atoms with Crippen LogP contribution in [-0.2, 0) is 39.8 Å². The van der Waals surface area contributed by atoms with Crippen LogP contribution in [-0.4, -0.2) is 73.5 Å². The molecule has 3 rings (SSSR count). The number of esters is 3. The topological polar surface area (TPSA) is 166 Å². The van der Waals surface area contributed by atoms with Gasteiger partial charge in [-0.15, -0.1) is 0 Å². The van der Waals surface area contributed by atoms with Crippen LogP contribution in [0.3, 0.4) is 0 Å². The van der Waals surface area contributed by atoms with Gasteiger partial charge in [0.25, 0.3) is 5.91 Å². The number of hydrogen-bond donors (Lipinski definition) is 1. The second-order valence-corrected chi connectivity index (χ2v) is 11.1. The molecule has 250 valence electrons. The number of carbonyl (C=O) groups excluding carboxylic acids is 5. The molecule has 2 unspecified atom stereocenters. The molecule has 4 atom stereocenters. The van der Waals surface area contributed by atoms with Gasteiger partial charge in [0.05, 0.1) is 19.6 Å². The Morgan fingerprint density at radius 3 is 2.46 bits per heavy atom. The summed E-state index contributed by atoms with van der Waals surface area (Å²) in [6, 6.07) is 8.94. The van der Waals surface area contributed by atoms with E-state index in [1.807, 2.05) is 18.2 Å². The van der Waals surface area contributed by atoms with Crippen molar-refractivity contribution >= 4 is 30.0 Å². The molecule has 0 aliphatic carbocycles. The molecule has 0 bridgehead atoms. The molecular formula is C33H42N2O11. The molecular weight excluding hydrogens is 600 g/mol. The predicted molar refractivity (Wildman–Crippen MR) is 163 cm³/mol. The van der Waals surface area contributed by atoms with Crippen molar-refractivity contribution in [2.24, 2.45) is 11.8 Å². The largest absolute Gasteiger partial charge is 0.514 e. The van der Waals surface area contributed by atoms with E-state index in [1.54, 1.807) is 26.0 Å². The van der Waals surface area contributed by atoms with Crippen LogP contribution >= 0.6 is 0 Å². The number of hydrogen-bond acceptors (Lipinski definition) is 12. The Kier molecular flexibility index (Phi) is 13.8. The van der Waals surface area contributed by atoms with E-state index in [0.29, 0.717) is 6.42 Å². The highest BCUT2D eigenvalue weighted by atomic mass is 16.7. The van der Waals surface area contributed by atoms with E-state index in [9.17, 15) is 24.0 Å². The summed E-state index contributed by atoms with van der Waals surface area (Å²) in [5.41, 5.74) is 0.383. The molecule has 1 aromatic heterocycles. The van der Waals surface area contributed by atoms with Crippen LogP contribution in [0.15, 0.2) is 42.6 Å². The molecule has 0 saturated carbocycles. The van der Waals surface area contributed by atoms with Gasteiger partial charge >= 0.3 is 24.1 Å². The van der Waals surface area contributed by atoms with E-state index in [-0.39, 0.29) is 30.2 Å². The molecule has 0 spiro atoms.